The Morgan fingerprint density at radius 2 is 1.96 bits per heavy atom. The molecule has 1 aliphatic rings. The number of carboxylic acid groups (broad SMARTS) is 1. The molecule has 1 heterocycles. The average molecular weight is 377 g/mol. The maximum absolute atomic E-state index is 11.3. The number of aryl methyl sites for hydroxylation is 1. The van der Waals surface area contributed by atoms with Crippen LogP contribution < -0.4 is 4.74 Å². The van der Waals surface area contributed by atoms with E-state index >= 15 is 0 Å². The summed E-state index contributed by atoms with van der Waals surface area (Å²) in [7, 11) is 2.05. The summed E-state index contributed by atoms with van der Waals surface area (Å²) in [6, 6.07) is 14.6. The molecule has 0 amide bonds. The number of hydrogen-bond donors (Lipinski definition) is 1. The number of rotatable bonds is 6. The first-order valence-electron chi connectivity index (χ1n) is 10.1. The van der Waals surface area contributed by atoms with Crippen LogP contribution in [0.25, 0.3) is 22.0 Å². The van der Waals surface area contributed by atoms with Crippen molar-refractivity contribution >= 4 is 16.9 Å². The Labute approximate surface area is 165 Å². The third kappa shape index (κ3) is 3.64. The smallest absolute Gasteiger partial charge is 0.306 e. The van der Waals surface area contributed by atoms with Crippen LogP contribution in [0, 0.1) is 5.92 Å². The van der Waals surface area contributed by atoms with E-state index in [-0.39, 0.29) is 6.10 Å². The van der Waals surface area contributed by atoms with Crippen molar-refractivity contribution in [2.45, 2.75) is 45.1 Å². The SMILES string of the molecule is CC(Cc1ccc(OC2CCCC2)c(-c2cccc3c2ccn3C)c1)C(=O)O. The zero-order valence-corrected chi connectivity index (χ0v) is 16.5. The first-order valence-corrected chi connectivity index (χ1v) is 10.1. The lowest BCUT2D eigenvalue weighted by atomic mass is 9.95. The van der Waals surface area contributed by atoms with Gasteiger partial charge in [0.1, 0.15) is 5.75 Å². The molecule has 1 fully saturated rings. The topological polar surface area (TPSA) is 51.5 Å². The molecule has 28 heavy (non-hydrogen) atoms. The van der Waals surface area contributed by atoms with Crippen molar-refractivity contribution in [2.75, 3.05) is 0 Å². The van der Waals surface area contributed by atoms with Gasteiger partial charge in [0.25, 0.3) is 0 Å². The molecule has 1 atom stereocenters. The lowest BCUT2D eigenvalue weighted by Gasteiger charge is -2.19. The highest BCUT2D eigenvalue weighted by atomic mass is 16.5. The number of hydrogen-bond acceptors (Lipinski definition) is 2. The molecular formula is C24H27NO3. The predicted octanol–water partition coefficient (Wildman–Crippen LogP) is 5.43. The lowest BCUT2D eigenvalue weighted by Crippen LogP contribution is -2.13. The number of ether oxygens (including phenoxy) is 1. The van der Waals surface area contributed by atoms with Gasteiger partial charge in [-0.15, -0.1) is 0 Å². The Bertz CT molecular complexity index is 998. The van der Waals surface area contributed by atoms with Gasteiger partial charge < -0.3 is 14.4 Å². The molecule has 2 aromatic carbocycles. The lowest BCUT2D eigenvalue weighted by molar-refractivity contribution is -0.141. The number of fused-ring (bicyclic) bond motifs is 1. The fourth-order valence-corrected chi connectivity index (χ4v) is 4.18. The largest absolute Gasteiger partial charge is 0.490 e. The zero-order chi connectivity index (χ0) is 19.7. The third-order valence-electron chi connectivity index (χ3n) is 5.82. The van der Waals surface area contributed by atoms with E-state index in [1.807, 2.05) is 19.2 Å². The number of nitrogens with zero attached hydrogens (tertiary/aromatic N) is 1. The minimum atomic E-state index is -0.766. The fourth-order valence-electron chi connectivity index (χ4n) is 4.18. The van der Waals surface area contributed by atoms with E-state index < -0.39 is 11.9 Å². The summed E-state index contributed by atoms with van der Waals surface area (Å²) < 4.78 is 8.52. The van der Waals surface area contributed by atoms with Crippen LogP contribution in [0.2, 0.25) is 0 Å². The van der Waals surface area contributed by atoms with Crippen LogP contribution in [0.15, 0.2) is 48.7 Å². The molecule has 1 unspecified atom stereocenters. The minimum Gasteiger partial charge on any atom is -0.490 e. The van der Waals surface area contributed by atoms with Gasteiger partial charge in [0, 0.05) is 29.7 Å². The summed E-state index contributed by atoms with van der Waals surface area (Å²) in [5.74, 6) is -0.282. The molecule has 1 N–H and O–H groups in total. The van der Waals surface area contributed by atoms with Gasteiger partial charge in [-0.3, -0.25) is 4.79 Å². The van der Waals surface area contributed by atoms with E-state index in [0.717, 1.165) is 35.3 Å². The van der Waals surface area contributed by atoms with Gasteiger partial charge in [-0.2, -0.15) is 0 Å². The summed E-state index contributed by atoms with van der Waals surface area (Å²) in [5.41, 5.74) is 4.39. The van der Waals surface area contributed by atoms with Crippen molar-refractivity contribution in [1.82, 2.24) is 4.57 Å². The van der Waals surface area contributed by atoms with Gasteiger partial charge in [-0.05, 0) is 67.5 Å². The monoisotopic (exact) mass is 377 g/mol. The maximum atomic E-state index is 11.3. The van der Waals surface area contributed by atoms with Crippen LogP contribution in [0.4, 0.5) is 0 Å². The Hall–Kier alpha value is -2.75. The average Bonchev–Trinajstić information content (AvgIpc) is 3.33. The molecule has 1 saturated carbocycles. The summed E-state index contributed by atoms with van der Waals surface area (Å²) in [4.78, 5) is 11.3. The summed E-state index contributed by atoms with van der Waals surface area (Å²) in [6.07, 6.45) is 7.51. The molecule has 4 rings (SSSR count). The highest BCUT2D eigenvalue weighted by Gasteiger charge is 2.20. The van der Waals surface area contributed by atoms with E-state index in [4.69, 9.17) is 4.74 Å². The molecule has 146 valence electrons. The second-order valence-corrected chi connectivity index (χ2v) is 7.96. The standard InChI is InChI=1S/C24H27NO3/c1-16(24(26)27)14-17-10-11-23(28-18-6-3-4-7-18)21(15-17)19-8-5-9-22-20(19)12-13-25(22)2/h5,8-13,15-16,18H,3-4,6-7,14H2,1-2H3,(H,26,27). The summed E-state index contributed by atoms with van der Waals surface area (Å²) in [6.45, 7) is 1.75. The van der Waals surface area contributed by atoms with E-state index in [1.54, 1.807) is 6.92 Å². The molecule has 4 heteroatoms. The summed E-state index contributed by atoms with van der Waals surface area (Å²) in [5, 5.41) is 10.5. The van der Waals surface area contributed by atoms with Crippen LogP contribution in [-0.2, 0) is 18.3 Å². The quantitative estimate of drug-likeness (QED) is 0.623. The number of benzene rings is 2. The van der Waals surface area contributed by atoms with Crippen molar-refractivity contribution in [2.24, 2.45) is 13.0 Å². The molecule has 1 aromatic heterocycles. The van der Waals surface area contributed by atoms with Crippen LogP contribution in [0.3, 0.4) is 0 Å². The van der Waals surface area contributed by atoms with Crippen LogP contribution in [0.1, 0.15) is 38.2 Å². The summed E-state index contributed by atoms with van der Waals surface area (Å²) >= 11 is 0. The highest BCUT2D eigenvalue weighted by molar-refractivity contribution is 5.97. The molecule has 0 saturated heterocycles. The van der Waals surface area contributed by atoms with E-state index in [2.05, 4.69) is 41.1 Å². The van der Waals surface area contributed by atoms with Crippen LogP contribution >= 0.6 is 0 Å². The second kappa shape index (κ2) is 7.70. The molecule has 0 radical (unpaired) electrons. The number of carbonyl (C=O) groups is 1. The van der Waals surface area contributed by atoms with Crippen molar-refractivity contribution in [3.05, 3.63) is 54.2 Å². The predicted molar refractivity (Wildman–Crippen MR) is 112 cm³/mol. The number of aromatic nitrogens is 1. The Kier molecular flexibility index (Phi) is 5.12. The normalized spacial score (nSPS) is 15.8. The second-order valence-electron chi connectivity index (χ2n) is 7.96. The van der Waals surface area contributed by atoms with Gasteiger partial charge >= 0.3 is 5.97 Å². The van der Waals surface area contributed by atoms with Crippen molar-refractivity contribution in [1.29, 1.82) is 0 Å². The van der Waals surface area contributed by atoms with Crippen molar-refractivity contribution < 1.29 is 14.6 Å². The third-order valence-corrected chi connectivity index (χ3v) is 5.82. The Balaban J connectivity index is 1.79. The van der Waals surface area contributed by atoms with Gasteiger partial charge in [0.05, 0.1) is 12.0 Å². The van der Waals surface area contributed by atoms with Crippen LogP contribution in [-0.4, -0.2) is 21.7 Å². The van der Waals surface area contributed by atoms with Gasteiger partial charge in [-0.25, -0.2) is 0 Å². The van der Waals surface area contributed by atoms with E-state index in [9.17, 15) is 9.90 Å². The van der Waals surface area contributed by atoms with Crippen molar-refractivity contribution in [3.8, 4) is 16.9 Å². The maximum Gasteiger partial charge on any atom is 0.306 e. The minimum absolute atomic E-state index is 0.275. The first-order chi connectivity index (χ1) is 13.5. The molecular weight excluding hydrogens is 350 g/mol. The van der Waals surface area contributed by atoms with Gasteiger partial charge in [0.2, 0.25) is 0 Å². The molecule has 3 aromatic rings. The van der Waals surface area contributed by atoms with Gasteiger partial charge in [-0.1, -0.05) is 25.1 Å². The Morgan fingerprint density at radius 1 is 1.18 bits per heavy atom. The number of carboxylic acids is 1. The molecule has 0 spiro atoms. The van der Waals surface area contributed by atoms with Gasteiger partial charge in [0.15, 0.2) is 0 Å². The fraction of sp³-hybridized carbons (Fsp3) is 0.375. The van der Waals surface area contributed by atoms with Crippen LogP contribution in [0.5, 0.6) is 5.75 Å². The number of aliphatic carboxylic acids is 1. The molecule has 4 nitrogen and oxygen atoms in total. The molecule has 1 aliphatic carbocycles. The Morgan fingerprint density at radius 3 is 2.71 bits per heavy atom. The molecule has 0 aliphatic heterocycles. The van der Waals surface area contributed by atoms with E-state index in [0.29, 0.717) is 6.42 Å². The molecule has 0 bridgehead atoms. The van der Waals surface area contributed by atoms with Crippen molar-refractivity contribution in [3.63, 3.8) is 0 Å². The first kappa shape index (κ1) is 18.6. The van der Waals surface area contributed by atoms with E-state index in [1.165, 1.54) is 23.7 Å². The highest BCUT2D eigenvalue weighted by Crippen LogP contribution is 2.38. The zero-order valence-electron chi connectivity index (χ0n) is 16.5.